The summed E-state index contributed by atoms with van der Waals surface area (Å²) in [6.45, 7) is 5.71. The summed E-state index contributed by atoms with van der Waals surface area (Å²) in [7, 11) is 0. The van der Waals surface area contributed by atoms with E-state index < -0.39 is 6.09 Å². The molecule has 2 rings (SSSR count). The summed E-state index contributed by atoms with van der Waals surface area (Å²) in [5.74, 6) is 0.514. The Labute approximate surface area is 114 Å². The zero-order valence-corrected chi connectivity index (χ0v) is 12.1. The number of ether oxygens (including phenoxy) is 1. The van der Waals surface area contributed by atoms with E-state index >= 15 is 0 Å². The van der Waals surface area contributed by atoms with E-state index in [2.05, 4.69) is 26.2 Å². The third-order valence-electron chi connectivity index (χ3n) is 2.31. The topological polar surface area (TPSA) is 54.1 Å². The first-order valence-electron chi connectivity index (χ1n) is 5.62. The second kappa shape index (κ2) is 4.65. The van der Waals surface area contributed by atoms with E-state index in [-0.39, 0.29) is 5.54 Å². The number of hydrogen-bond acceptors (Lipinski definition) is 2. The molecular formula is C13H15BrN2O2. The first kappa shape index (κ1) is 13.0. The molecule has 0 bridgehead atoms. The van der Waals surface area contributed by atoms with Crippen LogP contribution in [0.1, 0.15) is 20.8 Å². The van der Waals surface area contributed by atoms with Crippen molar-refractivity contribution in [2.45, 2.75) is 26.3 Å². The molecule has 1 heterocycles. The van der Waals surface area contributed by atoms with Gasteiger partial charge >= 0.3 is 6.09 Å². The van der Waals surface area contributed by atoms with Crippen LogP contribution >= 0.6 is 15.9 Å². The van der Waals surface area contributed by atoms with Gasteiger partial charge in [-0.3, -0.25) is 0 Å². The van der Waals surface area contributed by atoms with Gasteiger partial charge in [0.1, 0.15) is 0 Å². The van der Waals surface area contributed by atoms with E-state index in [9.17, 15) is 4.79 Å². The van der Waals surface area contributed by atoms with Crippen LogP contribution in [0.2, 0.25) is 0 Å². The minimum atomic E-state index is -0.458. The van der Waals surface area contributed by atoms with Crippen molar-refractivity contribution in [2.75, 3.05) is 0 Å². The third-order valence-corrected chi connectivity index (χ3v) is 3.00. The lowest BCUT2D eigenvalue weighted by atomic mass is 10.1. The Morgan fingerprint density at radius 2 is 2.06 bits per heavy atom. The minimum Gasteiger partial charge on any atom is -0.408 e. The average molecular weight is 311 g/mol. The second-order valence-corrected chi connectivity index (χ2v) is 5.93. The van der Waals surface area contributed by atoms with Crippen LogP contribution in [0.25, 0.3) is 10.9 Å². The highest BCUT2D eigenvalue weighted by Gasteiger charge is 2.16. The molecule has 0 aliphatic carbocycles. The summed E-state index contributed by atoms with van der Waals surface area (Å²) in [5.41, 5.74) is 0.481. The van der Waals surface area contributed by atoms with Crippen molar-refractivity contribution >= 4 is 32.9 Å². The Bertz CT molecular complexity index is 584. The molecule has 1 aromatic carbocycles. The number of amides is 1. The molecule has 0 aliphatic heterocycles. The Hall–Kier alpha value is -1.49. The lowest BCUT2D eigenvalue weighted by molar-refractivity contribution is 0.191. The zero-order valence-electron chi connectivity index (χ0n) is 10.5. The molecule has 0 spiro atoms. The van der Waals surface area contributed by atoms with Crippen molar-refractivity contribution in [1.82, 2.24) is 10.3 Å². The molecule has 18 heavy (non-hydrogen) atoms. The highest BCUT2D eigenvalue weighted by Crippen LogP contribution is 2.30. The molecule has 0 saturated carbocycles. The van der Waals surface area contributed by atoms with Gasteiger partial charge in [-0.25, -0.2) is 4.79 Å². The molecule has 96 valence electrons. The maximum absolute atomic E-state index is 11.7. The van der Waals surface area contributed by atoms with Crippen LogP contribution in [-0.2, 0) is 0 Å². The summed E-state index contributed by atoms with van der Waals surface area (Å²) in [5, 5.41) is 3.73. The van der Waals surface area contributed by atoms with Crippen molar-refractivity contribution in [3.63, 3.8) is 0 Å². The van der Waals surface area contributed by atoms with Gasteiger partial charge in [-0.05, 0) is 39.0 Å². The lowest BCUT2D eigenvalue weighted by Crippen LogP contribution is -2.42. The SMILES string of the molecule is CC(C)(C)NC(=O)Oc1ccc(Br)c2cc[nH]c12. The first-order chi connectivity index (χ1) is 8.37. The largest absolute Gasteiger partial charge is 0.413 e. The second-order valence-electron chi connectivity index (χ2n) is 5.08. The van der Waals surface area contributed by atoms with E-state index in [4.69, 9.17) is 4.74 Å². The van der Waals surface area contributed by atoms with E-state index in [0.717, 1.165) is 15.4 Å². The van der Waals surface area contributed by atoms with Gasteiger partial charge in [-0.2, -0.15) is 0 Å². The van der Waals surface area contributed by atoms with Crippen molar-refractivity contribution in [2.24, 2.45) is 0 Å². The molecule has 1 aromatic heterocycles. The Morgan fingerprint density at radius 3 is 2.72 bits per heavy atom. The number of nitrogens with one attached hydrogen (secondary N) is 2. The smallest absolute Gasteiger partial charge is 0.408 e. The minimum absolute atomic E-state index is 0.318. The quantitative estimate of drug-likeness (QED) is 0.841. The van der Waals surface area contributed by atoms with Crippen molar-refractivity contribution in [3.05, 3.63) is 28.9 Å². The first-order valence-corrected chi connectivity index (χ1v) is 6.42. The predicted octanol–water partition coefficient (Wildman–Crippen LogP) is 3.82. The number of aromatic nitrogens is 1. The van der Waals surface area contributed by atoms with Gasteiger partial charge < -0.3 is 15.0 Å². The molecule has 5 heteroatoms. The Kier molecular flexibility index (Phi) is 3.34. The number of halogens is 1. The van der Waals surface area contributed by atoms with Crippen LogP contribution in [0, 0.1) is 0 Å². The molecule has 0 aliphatic rings. The Morgan fingerprint density at radius 1 is 1.33 bits per heavy atom. The number of H-pyrrole nitrogens is 1. The van der Waals surface area contributed by atoms with E-state index in [1.807, 2.05) is 39.1 Å². The van der Waals surface area contributed by atoms with Gasteiger partial charge in [0.15, 0.2) is 5.75 Å². The van der Waals surface area contributed by atoms with Gasteiger partial charge in [0, 0.05) is 21.6 Å². The maximum atomic E-state index is 11.7. The normalized spacial score (nSPS) is 11.6. The molecule has 2 N–H and O–H groups in total. The summed E-state index contributed by atoms with van der Waals surface area (Å²) in [6, 6.07) is 5.54. The lowest BCUT2D eigenvalue weighted by Gasteiger charge is -2.20. The Balaban J connectivity index is 2.25. The number of hydrogen-bond donors (Lipinski definition) is 2. The molecule has 0 fully saturated rings. The molecule has 0 radical (unpaired) electrons. The van der Waals surface area contributed by atoms with E-state index in [1.54, 1.807) is 6.07 Å². The summed E-state index contributed by atoms with van der Waals surface area (Å²) in [4.78, 5) is 14.8. The number of carbonyl (C=O) groups excluding carboxylic acids is 1. The average Bonchev–Trinajstić information content (AvgIpc) is 2.69. The highest BCUT2D eigenvalue weighted by atomic mass is 79.9. The fourth-order valence-electron chi connectivity index (χ4n) is 1.61. The van der Waals surface area contributed by atoms with Gasteiger partial charge in [-0.15, -0.1) is 0 Å². The molecule has 1 amide bonds. The van der Waals surface area contributed by atoms with Crippen LogP contribution in [0.3, 0.4) is 0 Å². The van der Waals surface area contributed by atoms with Gasteiger partial charge in [0.2, 0.25) is 0 Å². The molecule has 4 nitrogen and oxygen atoms in total. The number of fused-ring (bicyclic) bond motifs is 1. The summed E-state index contributed by atoms with van der Waals surface area (Å²) < 4.78 is 6.28. The van der Waals surface area contributed by atoms with Crippen LogP contribution in [0.5, 0.6) is 5.75 Å². The number of benzene rings is 1. The third kappa shape index (κ3) is 2.85. The fraction of sp³-hybridized carbons (Fsp3) is 0.308. The summed E-state index contributed by atoms with van der Waals surface area (Å²) in [6.07, 6.45) is 1.35. The van der Waals surface area contributed by atoms with Crippen molar-refractivity contribution in [3.8, 4) is 5.75 Å². The number of aromatic amines is 1. The van der Waals surface area contributed by atoms with Crippen LogP contribution in [0.4, 0.5) is 4.79 Å². The standard InChI is InChI=1S/C13H15BrN2O2/c1-13(2,3)16-12(17)18-10-5-4-9(14)8-6-7-15-11(8)10/h4-7,15H,1-3H3,(H,16,17). The molecule has 2 aromatic rings. The van der Waals surface area contributed by atoms with Gasteiger partial charge in [0.05, 0.1) is 5.52 Å². The highest BCUT2D eigenvalue weighted by molar-refractivity contribution is 9.10. The van der Waals surface area contributed by atoms with Crippen molar-refractivity contribution in [1.29, 1.82) is 0 Å². The predicted molar refractivity (Wildman–Crippen MR) is 74.9 cm³/mol. The number of carbonyl (C=O) groups is 1. The fourth-order valence-corrected chi connectivity index (χ4v) is 2.07. The van der Waals surface area contributed by atoms with Gasteiger partial charge in [-0.1, -0.05) is 15.9 Å². The van der Waals surface area contributed by atoms with E-state index in [1.165, 1.54) is 0 Å². The van der Waals surface area contributed by atoms with Crippen LogP contribution in [0.15, 0.2) is 28.9 Å². The van der Waals surface area contributed by atoms with Gasteiger partial charge in [0.25, 0.3) is 0 Å². The van der Waals surface area contributed by atoms with Crippen LogP contribution < -0.4 is 10.1 Å². The maximum Gasteiger partial charge on any atom is 0.413 e. The number of rotatable bonds is 1. The molecule has 0 saturated heterocycles. The molecule has 0 unspecified atom stereocenters. The van der Waals surface area contributed by atoms with Crippen molar-refractivity contribution < 1.29 is 9.53 Å². The summed E-state index contributed by atoms with van der Waals surface area (Å²) >= 11 is 3.45. The monoisotopic (exact) mass is 310 g/mol. The molecular weight excluding hydrogens is 296 g/mol. The van der Waals surface area contributed by atoms with E-state index in [0.29, 0.717) is 5.75 Å². The zero-order chi connectivity index (χ0) is 13.3. The van der Waals surface area contributed by atoms with Crippen LogP contribution in [-0.4, -0.2) is 16.6 Å². The molecule has 0 atom stereocenters.